The van der Waals surface area contributed by atoms with E-state index in [1.807, 2.05) is 24.3 Å². The topological polar surface area (TPSA) is 53.6 Å². The second-order valence-electron chi connectivity index (χ2n) is 7.26. The first-order chi connectivity index (χ1) is 12.2. The normalized spacial score (nSPS) is 21.0. The zero-order valence-electron chi connectivity index (χ0n) is 15.4. The summed E-state index contributed by atoms with van der Waals surface area (Å²) in [6, 6.07) is 7.88. The number of rotatable bonds is 6. The van der Waals surface area contributed by atoms with E-state index in [1.165, 1.54) is 37.7 Å². The molecule has 0 spiro atoms. The number of hydrogen-bond donors (Lipinski definition) is 2. The van der Waals surface area contributed by atoms with Gasteiger partial charge in [-0.25, -0.2) is 0 Å². The van der Waals surface area contributed by atoms with Crippen molar-refractivity contribution in [3.05, 3.63) is 35.4 Å². The third-order valence-electron chi connectivity index (χ3n) is 5.69. The fraction of sp³-hybridized carbons (Fsp3) is 0.650. The highest BCUT2D eigenvalue weighted by molar-refractivity contribution is 5.93. The third-order valence-corrected chi connectivity index (χ3v) is 5.69. The minimum absolute atomic E-state index is 0.0343. The Hall–Kier alpha value is -1.43. The summed E-state index contributed by atoms with van der Waals surface area (Å²) in [4.78, 5) is 14.3. The van der Waals surface area contributed by atoms with Crippen molar-refractivity contribution in [2.45, 2.75) is 44.2 Å². The number of amides is 1. The van der Waals surface area contributed by atoms with Gasteiger partial charge in [0.05, 0.1) is 13.2 Å². The van der Waals surface area contributed by atoms with Gasteiger partial charge in [-0.3, -0.25) is 9.69 Å². The molecule has 0 atom stereocenters. The van der Waals surface area contributed by atoms with Crippen LogP contribution < -0.4 is 10.6 Å². The van der Waals surface area contributed by atoms with Crippen molar-refractivity contribution in [3.63, 3.8) is 0 Å². The highest BCUT2D eigenvalue weighted by atomic mass is 16.5. The highest BCUT2D eigenvalue weighted by Crippen LogP contribution is 2.33. The van der Waals surface area contributed by atoms with E-state index < -0.39 is 0 Å². The zero-order valence-corrected chi connectivity index (χ0v) is 15.4. The summed E-state index contributed by atoms with van der Waals surface area (Å²) in [7, 11) is 1.66. The Morgan fingerprint density at radius 3 is 2.44 bits per heavy atom. The molecule has 0 aromatic heterocycles. The molecule has 1 aliphatic carbocycles. The van der Waals surface area contributed by atoms with E-state index in [0.29, 0.717) is 11.1 Å². The Balaban J connectivity index is 1.57. The van der Waals surface area contributed by atoms with Gasteiger partial charge in [0.2, 0.25) is 0 Å². The van der Waals surface area contributed by atoms with Gasteiger partial charge >= 0.3 is 0 Å². The minimum Gasteiger partial charge on any atom is -0.379 e. The molecule has 3 rings (SSSR count). The number of carbonyl (C=O) groups is 1. The van der Waals surface area contributed by atoms with Crippen LogP contribution in [0.2, 0.25) is 0 Å². The van der Waals surface area contributed by atoms with E-state index in [0.717, 1.165) is 39.4 Å². The van der Waals surface area contributed by atoms with Crippen LogP contribution in [0.25, 0.3) is 0 Å². The van der Waals surface area contributed by atoms with Gasteiger partial charge in [0.15, 0.2) is 0 Å². The monoisotopic (exact) mass is 345 g/mol. The van der Waals surface area contributed by atoms with Crippen LogP contribution in [0.1, 0.15) is 48.0 Å². The Morgan fingerprint density at radius 1 is 1.12 bits per heavy atom. The number of morpholine rings is 1. The third kappa shape index (κ3) is 4.60. The number of benzene rings is 1. The quantitative estimate of drug-likeness (QED) is 0.830. The van der Waals surface area contributed by atoms with Crippen molar-refractivity contribution in [3.8, 4) is 0 Å². The predicted molar refractivity (Wildman–Crippen MR) is 99.7 cm³/mol. The van der Waals surface area contributed by atoms with E-state index in [1.54, 1.807) is 7.05 Å². The second kappa shape index (κ2) is 8.79. The Kier molecular flexibility index (Phi) is 6.45. The lowest BCUT2D eigenvalue weighted by atomic mass is 9.79. The summed E-state index contributed by atoms with van der Waals surface area (Å²) in [6.07, 6.45) is 6.61. The highest BCUT2D eigenvalue weighted by Gasteiger charge is 2.38. The average molecular weight is 345 g/mol. The minimum atomic E-state index is -0.0343. The molecule has 5 nitrogen and oxygen atoms in total. The van der Waals surface area contributed by atoms with Gasteiger partial charge in [0, 0.05) is 44.3 Å². The van der Waals surface area contributed by atoms with Crippen molar-refractivity contribution in [2.24, 2.45) is 0 Å². The summed E-state index contributed by atoms with van der Waals surface area (Å²) in [5, 5.41) is 6.35. The molecule has 138 valence electrons. The first kappa shape index (κ1) is 18.4. The Morgan fingerprint density at radius 2 is 1.80 bits per heavy atom. The van der Waals surface area contributed by atoms with Gasteiger partial charge in [-0.2, -0.15) is 0 Å². The molecule has 2 N–H and O–H groups in total. The maximum Gasteiger partial charge on any atom is 0.251 e. The first-order valence-corrected chi connectivity index (χ1v) is 9.58. The van der Waals surface area contributed by atoms with Crippen LogP contribution in [-0.2, 0) is 11.3 Å². The first-order valence-electron chi connectivity index (χ1n) is 9.58. The molecular formula is C20H31N3O2. The van der Waals surface area contributed by atoms with E-state index in [4.69, 9.17) is 4.74 Å². The summed E-state index contributed by atoms with van der Waals surface area (Å²) in [5.74, 6) is -0.0343. The molecule has 1 heterocycles. The van der Waals surface area contributed by atoms with Crippen molar-refractivity contribution in [1.82, 2.24) is 15.5 Å². The van der Waals surface area contributed by atoms with Crippen molar-refractivity contribution in [2.75, 3.05) is 39.9 Å². The molecule has 1 aliphatic heterocycles. The molecule has 0 unspecified atom stereocenters. The molecule has 1 saturated heterocycles. The fourth-order valence-corrected chi connectivity index (χ4v) is 4.21. The fourth-order valence-electron chi connectivity index (χ4n) is 4.21. The van der Waals surface area contributed by atoms with Gasteiger partial charge in [-0.05, 0) is 30.5 Å². The van der Waals surface area contributed by atoms with Gasteiger partial charge < -0.3 is 15.4 Å². The van der Waals surface area contributed by atoms with E-state index in [9.17, 15) is 4.79 Å². The van der Waals surface area contributed by atoms with Crippen LogP contribution in [0.3, 0.4) is 0 Å². The molecule has 2 fully saturated rings. The maximum absolute atomic E-state index is 11.6. The van der Waals surface area contributed by atoms with Crippen molar-refractivity contribution >= 4 is 5.91 Å². The predicted octanol–water partition coefficient (Wildman–Crippen LogP) is 2.17. The zero-order chi connectivity index (χ0) is 17.5. The number of nitrogens with one attached hydrogen (secondary N) is 2. The largest absolute Gasteiger partial charge is 0.379 e. The lowest BCUT2D eigenvalue weighted by Crippen LogP contribution is -2.59. The van der Waals surface area contributed by atoms with Crippen LogP contribution >= 0.6 is 0 Å². The lowest BCUT2D eigenvalue weighted by molar-refractivity contribution is -0.0369. The molecule has 1 aromatic rings. The molecule has 1 saturated carbocycles. The molecule has 2 aliphatic rings. The summed E-state index contributed by atoms with van der Waals surface area (Å²) in [5.41, 5.74) is 2.23. The molecule has 0 bridgehead atoms. The van der Waals surface area contributed by atoms with E-state index >= 15 is 0 Å². The maximum atomic E-state index is 11.6. The number of nitrogens with zero attached hydrogens (tertiary/aromatic N) is 1. The van der Waals surface area contributed by atoms with E-state index in [-0.39, 0.29) is 5.91 Å². The van der Waals surface area contributed by atoms with Gasteiger partial charge in [0.25, 0.3) is 5.91 Å². The van der Waals surface area contributed by atoms with Gasteiger partial charge in [0.1, 0.15) is 0 Å². The molecule has 1 aromatic carbocycles. The number of carbonyl (C=O) groups excluding carboxylic acids is 1. The van der Waals surface area contributed by atoms with Crippen LogP contribution in [0.15, 0.2) is 24.3 Å². The summed E-state index contributed by atoms with van der Waals surface area (Å²) in [6.45, 7) is 5.72. The molecule has 0 radical (unpaired) electrons. The summed E-state index contributed by atoms with van der Waals surface area (Å²) < 4.78 is 5.55. The molecule has 5 heteroatoms. The van der Waals surface area contributed by atoms with Crippen LogP contribution in [-0.4, -0.2) is 56.2 Å². The molecule has 25 heavy (non-hydrogen) atoms. The smallest absolute Gasteiger partial charge is 0.251 e. The van der Waals surface area contributed by atoms with Crippen molar-refractivity contribution in [1.29, 1.82) is 0 Å². The lowest BCUT2D eigenvalue weighted by Gasteiger charge is -2.48. The molecular weight excluding hydrogens is 314 g/mol. The van der Waals surface area contributed by atoms with Crippen LogP contribution in [0, 0.1) is 0 Å². The van der Waals surface area contributed by atoms with Crippen LogP contribution in [0.4, 0.5) is 0 Å². The second-order valence-corrected chi connectivity index (χ2v) is 7.26. The van der Waals surface area contributed by atoms with Gasteiger partial charge in [-0.1, -0.05) is 31.4 Å². The number of hydrogen-bond acceptors (Lipinski definition) is 4. The average Bonchev–Trinajstić information content (AvgIpc) is 2.69. The van der Waals surface area contributed by atoms with Crippen molar-refractivity contribution < 1.29 is 9.53 Å². The summed E-state index contributed by atoms with van der Waals surface area (Å²) >= 11 is 0. The SMILES string of the molecule is CNC(=O)c1ccc(CNCC2(N3CCOCC3)CCCCC2)cc1. The van der Waals surface area contributed by atoms with E-state index in [2.05, 4.69) is 15.5 Å². The Labute approximate surface area is 151 Å². The van der Waals surface area contributed by atoms with Crippen LogP contribution in [0.5, 0.6) is 0 Å². The number of ether oxygens (including phenoxy) is 1. The molecule has 1 amide bonds. The van der Waals surface area contributed by atoms with Gasteiger partial charge in [-0.15, -0.1) is 0 Å². The standard InChI is InChI=1S/C20H31N3O2/c1-21-19(24)18-7-5-17(6-8-18)15-22-16-20(9-3-2-4-10-20)23-11-13-25-14-12-23/h5-8,22H,2-4,9-16H2,1H3,(H,21,24). The Bertz CT molecular complexity index is 547.